The first-order valence-corrected chi connectivity index (χ1v) is 6.73. The number of nitrogens with two attached hydrogens (primary N) is 2. The fourth-order valence-corrected chi connectivity index (χ4v) is 3.23. The van der Waals surface area contributed by atoms with Gasteiger partial charge in [0.1, 0.15) is 0 Å². The lowest BCUT2D eigenvalue weighted by molar-refractivity contribution is 0.0963. The van der Waals surface area contributed by atoms with E-state index in [4.69, 9.17) is 24.7 Å². The van der Waals surface area contributed by atoms with Gasteiger partial charge in [-0.1, -0.05) is 0 Å². The topological polar surface area (TPSA) is 79.7 Å². The Kier molecular flexibility index (Phi) is 7.34. The van der Waals surface area contributed by atoms with E-state index in [0.717, 1.165) is 6.42 Å². The van der Waals surface area contributed by atoms with Gasteiger partial charge in [-0.05, 0) is 19.9 Å². The van der Waals surface area contributed by atoms with Crippen molar-refractivity contribution in [1.82, 2.24) is 0 Å². The first-order chi connectivity index (χ1) is 6.60. The molecule has 1 atom stereocenters. The zero-order valence-electron chi connectivity index (χ0n) is 9.29. The van der Waals surface area contributed by atoms with Gasteiger partial charge in [-0.3, -0.25) is 0 Å². The van der Waals surface area contributed by atoms with Crippen molar-refractivity contribution in [2.45, 2.75) is 25.4 Å². The average Bonchev–Trinajstić information content (AvgIpc) is 2.16. The van der Waals surface area contributed by atoms with Crippen molar-refractivity contribution < 1.29 is 13.3 Å². The second-order valence-corrected chi connectivity index (χ2v) is 6.14. The van der Waals surface area contributed by atoms with Gasteiger partial charge in [0.25, 0.3) is 0 Å². The van der Waals surface area contributed by atoms with E-state index in [9.17, 15) is 0 Å². The Labute approximate surface area is 87.1 Å². The molecule has 0 fully saturated rings. The molecule has 0 rings (SSSR count). The predicted octanol–water partition coefficient (Wildman–Crippen LogP) is -0.0693. The molecule has 0 saturated carbocycles. The molecular formula is C8H22N2O3Si. The molecule has 0 spiro atoms. The summed E-state index contributed by atoms with van der Waals surface area (Å²) in [4.78, 5) is 0. The van der Waals surface area contributed by atoms with Crippen LogP contribution in [0.4, 0.5) is 0 Å². The molecule has 86 valence electrons. The molecule has 0 aromatic heterocycles. The Bertz CT molecular complexity index is 143. The van der Waals surface area contributed by atoms with Gasteiger partial charge in [-0.25, -0.2) is 0 Å². The summed E-state index contributed by atoms with van der Waals surface area (Å²) in [6, 6.07) is 0.643. The van der Waals surface area contributed by atoms with E-state index in [0.29, 0.717) is 19.2 Å². The molecule has 6 heteroatoms. The van der Waals surface area contributed by atoms with E-state index in [-0.39, 0.29) is 6.04 Å². The van der Waals surface area contributed by atoms with Crippen molar-refractivity contribution >= 4 is 8.80 Å². The van der Waals surface area contributed by atoms with Gasteiger partial charge in [0.05, 0.1) is 0 Å². The molecule has 0 heterocycles. The Morgan fingerprint density at radius 3 is 2.21 bits per heavy atom. The Balaban J connectivity index is 4.07. The Morgan fingerprint density at radius 1 is 1.29 bits per heavy atom. The van der Waals surface area contributed by atoms with Crippen molar-refractivity contribution in [3.63, 3.8) is 0 Å². The maximum Gasteiger partial charge on any atom is 0.501 e. The maximum absolute atomic E-state index is 5.70. The summed E-state index contributed by atoms with van der Waals surface area (Å²) >= 11 is 0. The summed E-state index contributed by atoms with van der Waals surface area (Å²) in [7, 11) is 0.671. The van der Waals surface area contributed by atoms with E-state index in [2.05, 4.69) is 0 Å². The number of rotatable bonds is 8. The largest absolute Gasteiger partial charge is 0.501 e. The number of hydrogen-bond donors (Lipinski definition) is 2. The Morgan fingerprint density at radius 2 is 1.86 bits per heavy atom. The van der Waals surface area contributed by atoms with Gasteiger partial charge in [0.2, 0.25) is 0 Å². The highest BCUT2D eigenvalue weighted by atomic mass is 28.4. The lowest BCUT2D eigenvalue weighted by Gasteiger charge is -2.27. The molecule has 0 aliphatic rings. The molecule has 0 bridgehead atoms. The third-order valence-electron chi connectivity index (χ3n) is 1.86. The van der Waals surface area contributed by atoms with Crippen LogP contribution in [0.5, 0.6) is 0 Å². The zero-order valence-corrected chi connectivity index (χ0v) is 10.3. The smallest absolute Gasteiger partial charge is 0.377 e. The highest BCUT2D eigenvalue weighted by Crippen LogP contribution is 2.15. The van der Waals surface area contributed by atoms with Crippen molar-refractivity contribution in [2.75, 3.05) is 27.4 Å². The van der Waals surface area contributed by atoms with Gasteiger partial charge in [0.15, 0.2) is 0 Å². The zero-order chi connectivity index (χ0) is 11.0. The van der Waals surface area contributed by atoms with Crippen LogP contribution in [0, 0.1) is 0 Å². The van der Waals surface area contributed by atoms with Crippen LogP contribution >= 0.6 is 0 Å². The molecule has 0 aromatic carbocycles. The fraction of sp³-hybridized carbons (Fsp3) is 1.00. The molecule has 14 heavy (non-hydrogen) atoms. The second kappa shape index (κ2) is 7.33. The van der Waals surface area contributed by atoms with E-state index in [1.165, 1.54) is 0 Å². The molecule has 0 radical (unpaired) electrons. The van der Waals surface area contributed by atoms with Crippen LogP contribution in [0.3, 0.4) is 0 Å². The molecule has 5 nitrogen and oxygen atoms in total. The van der Waals surface area contributed by atoms with Gasteiger partial charge < -0.3 is 24.7 Å². The fourth-order valence-electron chi connectivity index (χ4n) is 1.13. The molecule has 0 amide bonds. The van der Waals surface area contributed by atoms with E-state index >= 15 is 0 Å². The van der Waals surface area contributed by atoms with E-state index in [1.807, 2.05) is 6.92 Å². The maximum atomic E-state index is 5.70. The summed E-state index contributed by atoms with van der Waals surface area (Å²) in [6.07, 6.45) is 0.806. The molecule has 0 aliphatic carbocycles. The molecule has 4 N–H and O–H groups in total. The van der Waals surface area contributed by atoms with E-state index in [1.54, 1.807) is 14.2 Å². The summed E-state index contributed by atoms with van der Waals surface area (Å²) < 4.78 is 16.3. The van der Waals surface area contributed by atoms with Crippen LogP contribution in [0.1, 0.15) is 13.3 Å². The average molecular weight is 222 g/mol. The number of hydrogen-bond acceptors (Lipinski definition) is 5. The first kappa shape index (κ1) is 14.0. The summed E-state index contributed by atoms with van der Waals surface area (Å²) in [6.45, 7) is 3.08. The standard InChI is InChI=1S/C8H22N2O3Si/c1-8(10)7-14(11-2,12-3)13-6-4-5-9/h8H,4-7,9-10H2,1-3H3. The lowest BCUT2D eigenvalue weighted by Crippen LogP contribution is -2.48. The normalized spacial score (nSPS) is 14.4. The minimum Gasteiger partial charge on any atom is -0.377 e. The SMILES string of the molecule is CO[Si](CC(C)N)(OC)OCCCN. The molecule has 0 saturated heterocycles. The van der Waals surface area contributed by atoms with Crippen LogP contribution in [-0.4, -0.2) is 42.2 Å². The highest BCUT2D eigenvalue weighted by molar-refractivity contribution is 6.60. The summed E-state index contributed by atoms with van der Waals surface area (Å²) in [5, 5.41) is 0. The Hall–Kier alpha value is 0.0169. The van der Waals surface area contributed by atoms with Gasteiger partial charge in [-0.2, -0.15) is 0 Å². The monoisotopic (exact) mass is 222 g/mol. The quantitative estimate of drug-likeness (QED) is 0.444. The van der Waals surface area contributed by atoms with Crippen LogP contribution < -0.4 is 11.5 Å². The minimum absolute atomic E-state index is 0.0134. The second-order valence-electron chi connectivity index (χ2n) is 3.26. The van der Waals surface area contributed by atoms with Crippen molar-refractivity contribution in [2.24, 2.45) is 11.5 Å². The van der Waals surface area contributed by atoms with Crippen LogP contribution in [0.2, 0.25) is 6.04 Å². The van der Waals surface area contributed by atoms with Crippen LogP contribution in [-0.2, 0) is 13.3 Å². The lowest BCUT2D eigenvalue weighted by atomic mass is 10.4. The van der Waals surface area contributed by atoms with Gasteiger partial charge in [-0.15, -0.1) is 0 Å². The molecular weight excluding hydrogens is 200 g/mol. The third-order valence-corrected chi connectivity index (χ3v) is 4.90. The molecule has 1 unspecified atom stereocenters. The summed E-state index contributed by atoms with van der Waals surface area (Å²) in [5.41, 5.74) is 11.1. The predicted molar refractivity (Wildman–Crippen MR) is 57.9 cm³/mol. The van der Waals surface area contributed by atoms with E-state index < -0.39 is 8.80 Å². The molecule has 0 aromatic rings. The molecule has 0 aliphatic heterocycles. The third kappa shape index (κ3) is 5.04. The highest BCUT2D eigenvalue weighted by Gasteiger charge is 2.39. The van der Waals surface area contributed by atoms with Crippen LogP contribution in [0.15, 0.2) is 0 Å². The van der Waals surface area contributed by atoms with Crippen LogP contribution in [0.25, 0.3) is 0 Å². The van der Waals surface area contributed by atoms with Crippen molar-refractivity contribution in [3.05, 3.63) is 0 Å². The minimum atomic E-state index is -2.52. The summed E-state index contributed by atoms with van der Waals surface area (Å²) in [5.74, 6) is 0. The van der Waals surface area contributed by atoms with Crippen molar-refractivity contribution in [1.29, 1.82) is 0 Å². The first-order valence-electron chi connectivity index (χ1n) is 4.80. The van der Waals surface area contributed by atoms with Crippen molar-refractivity contribution in [3.8, 4) is 0 Å². The van der Waals surface area contributed by atoms with Gasteiger partial charge in [0, 0.05) is 32.9 Å². The van der Waals surface area contributed by atoms with Gasteiger partial charge >= 0.3 is 8.80 Å².